The Labute approximate surface area is 145 Å². The zero-order valence-corrected chi connectivity index (χ0v) is 14.2. The number of anilines is 2. The van der Waals surface area contributed by atoms with Crippen molar-refractivity contribution in [2.24, 2.45) is 0 Å². The van der Waals surface area contributed by atoms with E-state index in [1.54, 1.807) is 36.1 Å². The number of nitrogens with zero attached hydrogens (tertiary/aromatic N) is 1. The molecule has 2 N–H and O–H groups in total. The normalized spacial score (nSPS) is 16.8. The summed E-state index contributed by atoms with van der Waals surface area (Å²) in [6.45, 7) is 4.11. The summed E-state index contributed by atoms with van der Waals surface area (Å²) < 4.78 is 13.4. The van der Waals surface area contributed by atoms with E-state index in [1.807, 2.05) is 19.1 Å². The van der Waals surface area contributed by atoms with Crippen LogP contribution in [0, 0.1) is 19.7 Å². The Morgan fingerprint density at radius 1 is 1.16 bits per heavy atom. The van der Waals surface area contributed by atoms with E-state index in [0.717, 1.165) is 5.56 Å². The van der Waals surface area contributed by atoms with E-state index in [4.69, 9.17) is 0 Å². The number of nitrogens with one attached hydrogen (secondary N) is 2. The van der Waals surface area contributed by atoms with Crippen molar-refractivity contribution < 1.29 is 14.0 Å². The first-order chi connectivity index (χ1) is 11.9. The largest absolute Gasteiger partial charge is 0.326 e. The standard InChI is InChI=1S/C19H20FN3O2/c1-12-3-5-14(6-4-12)21-19(25)22-17-9-10-23(18(17)24)15-7-8-16(20)13(2)11-15/h3-8,11,17H,9-10H2,1-2H3,(H2,21,22,25)/t17-/m0/s1. The Hall–Kier alpha value is -2.89. The van der Waals surface area contributed by atoms with Gasteiger partial charge in [0, 0.05) is 17.9 Å². The van der Waals surface area contributed by atoms with Crippen molar-refractivity contribution in [1.29, 1.82) is 0 Å². The molecule has 0 aliphatic carbocycles. The lowest BCUT2D eigenvalue weighted by Crippen LogP contribution is -2.43. The summed E-state index contributed by atoms with van der Waals surface area (Å²) >= 11 is 0. The van der Waals surface area contributed by atoms with E-state index < -0.39 is 12.1 Å². The number of urea groups is 1. The molecule has 1 fully saturated rings. The molecule has 1 atom stereocenters. The van der Waals surface area contributed by atoms with Gasteiger partial charge in [-0.05, 0) is 56.2 Å². The average molecular weight is 341 g/mol. The van der Waals surface area contributed by atoms with Crippen LogP contribution in [0.25, 0.3) is 0 Å². The van der Waals surface area contributed by atoms with E-state index >= 15 is 0 Å². The molecule has 25 heavy (non-hydrogen) atoms. The number of hydrogen-bond acceptors (Lipinski definition) is 2. The molecule has 2 aromatic carbocycles. The third-order valence-corrected chi connectivity index (χ3v) is 4.27. The monoisotopic (exact) mass is 341 g/mol. The maximum absolute atomic E-state index is 13.4. The zero-order chi connectivity index (χ0) is 18.0. The van der Waals surface area contributed by atoms with Crippen LogP contribution < -0.4 is 15.5 Å². The van der Waals surface area contributed by atoms with Crippen LogP contribution in [0.5, 0.6) is 0 Å². The minimum Gasteiger partial charge on any atom is -0.326 e. The first-order valence-corrected chi connectivity index (χ1v) is 8.16. The van der Waals surface area contributed by atoms with Crippen molar-refractivity contribution in [2.75, 3.05) is 16.8 Å². The van der Waals surface area contributed by atoms with E-state index in [-0.39, 0.29) is 11.7 Å². The summed E-state index contributed by atoms with van der Waals surface area (Å²) in [5, 5.41) is 5.42. The molecule has 0 radical (unpaired) electrons. The molecule has 0 bridgehead atoms. The first kappa shape index (κ1) is 17.0. The molecule has 3 rings (SSSR count). The van der Waals surface area contributed by atoms with Crippen molar-refractivity contribution >= 4 is 23.3 Å². The highest BCUT2D eigenvalue weighted by molar-refractivity contribution is 6.02. The topological polar surface area (TPSA) is 61.4 Å². The number of amides is 3. The second-order valence-corrected chi connectivity index (χ2v) is 6.23. The Morgan fingerprint density at radius 3 is 2.56 bits per heavy atom. The van der Waals surface area contributed by atoms with Crippen molar-refractivity contribution in [3.63, 3.8) is 0 Å². The zero-order valence-electron chi connectivity index (χ0n) is 14.2. The molecule has 2 aromatic rings. The predicted octanol–water partition coefficient (Wildman–Crippen LogP) is 3.37. The van der Waals surface area contributed by atoms with E-state index in [0.29, 0.717) is 29.9 Å². The van der Waals surface area contributed by atoms with Crippen LogP contribution in [0.1, 0.15) is 17.5 Å². The third kappa shape index (κ3) is 3.79. The minimum atomic E-state index is -0.587. The molecule has 0 unspecified atom stereocenters. The molecule has 6 heteroatoms. The van der Waals surface area contributed by atoms with Crippen LogP contribution in [0.2, 0.25) is 0 Å². The van der Waals surface area contributed by atoms with E-state index in [1.165, 1.54) is 6.07 Å². The summed E-state index contributed by atoms with van der Waals surface area (Å²) in [5.74, 6) is -0.493. The average Bonchev–Trinajstić information content (AvgIpc) is 2.93. The van der Waals surface area contributed by atoms with Crippen LogP contribution in [0.15, 0.2) is 42.5 Å². The molecule has 0 aromatic heterocycles. The predicted molar refractivity (Wildman–Crippen MR) is 95.2 cm³/mol. The summed E-state index contributed by atoms with van der Waals surface area (Å²) in [5.41, 5.74) is 2.90. The number of carbonyl (C=O) groups is 2. The van der Waals surface area contributed by atoms with Gasteiger partial charge in [0.25, 0.3) is 0 Å². The Morgan fingerprint density at radius 2 is 1.88 bits per heavy atom. The third-order valence-electron chi connectivity index (χ3n) is 4.27. The van der Waals surface area contributed by atoms with Crippen molar-refractivity contribution in [2.45, 2.75) is 26.3 Å². The molecule has 0 spiro atoms. The summed E-state index contributed by atoms with van der Waals surface area (Å²) in [6, 6.07) is 11.0. The second-order valence-electron chi connectivity index (χ2n) is 6.23. The maximum Gasteiger partial charge on any atom is 0.319 e. The molecule has 3 amide bonds. The van der Waals surface area contributed by atoms with Crippen LogP contribution >= 0.6 is 0 Å². The summed E-state index contributed by atoms with van der Waals surface area (Å²) in [6.07, 6.45) is 0.510. The number of halogens is 1. The SMILES string of the molecule is Cc1ccc(NC(=O)N[C@H]2CCN(c3ccc(F)c(C)c3)C2=O)cc1. The van der Waals surface area contributed by atoms with Gasteiger partial charge in [0.05, 0.1) is 0 Å². The smallest absolute Gasteiger partial charge is 0.319 e. The van der Waals surface area contributed by atoms with Crippen LogP contribution in [0.3, 0.4) is 0 Å². The summed E-state index contributed by atoms with van der Waals surface area (Å²) in [7, 11) is 0. The highest BCUT2D eigenvalue weighted by atomic mass is 19.1. The van der Waals surface area contributed by atoms with Gasteiger partial charge in [-0.1, -0.05) is 17.7 Å². The molecule has 130 valence electrons. The fraction of sp³-hybridized carbons (Fsp3) is 0.263. The number of benzene rings is 2. The van der Waals surface area contributed by atoms with Gasteiger partial charge in [-0.15, -0.1) is 0 Å². The highest BCUT2D eigenvalue weighted by Crippen LogP contribution is 2.24. The lowest BCUT2D eigenvalue weighted by molar-refractivity contribution is -0.118. The molecule has 5 nitrogen and oxygen atoms in total. The fourth-order valence-electron chi connectivity index (χ4n) is 2.83. The Bertz CT molecular complexity index is 805. The highest BCUT2D eigenvalue weighted by Gasteiger charge is 2.33. The Kier molecular flexibility index (Phi) is 4.70. The lowest BCUT2D eigenvalue weighted by Gasteiger charge is -2.18. The first-order valence-electron chi connectivity index (χ1n) is 8.16. The van der Waals surface area contributed by atoms with E-state index in [2.05, 4.69) is 10.6 Å². The minimum absolute atomic E-state index is 0.190. The number of hydrogen-bond donors (Lipinski definition) is 2. The van der Waals surface area contributed by atoms with Gasteiger partial charge >= 0.3 is 6.03 Å². The van der Waals surface area contributed by atoms with Gasteiger partial charge in [0.2, 0.25) is 5.91 Å². The van der Waals surface area contributed by atoms with Gasteiger partial charge in [0.1, 0.15) is 11.9 Å². The van der Waals surface area contributed by atoms with Crippen LogP contribution in [-0.2, 0) is 4.79 Å². The Balaban J connectivity index is 1.62. The van der Waals surface area contributed by atoms with Gasteiger partial charge < -0.3 is 15.5 Å². The molecular weight excluding hydrogens is 321 g/mol. The van der Waals surface area contributed by atoms with Crippen LogP contribution in [0.4, 0.5) is 20.6 Å². The van der Waals surface area contributed by atoms with Crippen molar-refractivity contribution in [3.8, 4) is 0 Å². The molecule has 1 heterocycles. The van der Waals surface area contributed by atoms with Gasteiger partial charge in [-0.25, -0.2) is 9.18 Å². The van der Waals surface area contributed by atoms with Crippen molar-refractivity contribution in [3.05, 3.63) is 59.4 Å². The number of rotatable bonds is 3. The lowest BCUT2D eigenvalue weighted by atomic mass is 10.2. The quantitative estimate of drug-likeness (QED) is 0.899. The van der Waals surface area contributed by atoms with Gasteiger partial charge in [0.15, 0.2) is 0 Å². The van der Waals surface area contributed by atoms with Crippen molar-refractivity contribution in [1.82, 2.24) is 5.32 Å². The molecule has 1 aliphatic heterocycles. The van der Waals surface area contributed by atoms with Gasteiger partial charge in [-0.3, -0.25) is 4.79 Å². The molecule has 0 saturated carbocycles. The molecular formula is C19H20FN3O2. The fourth-order valence-corrected chi connectivity index (χ4v) is 2.83. The molecule has 1 saturated heterocycles. The number of aryl methyl sites for hydroxylation is 2. The number of carbonyl (C=O) groups excluding carboxylic acids is 2. The summed E-state index contributed by atoms with van der Waals surface area (Å²) in [4.78, 5) is 26.2. The molecule has 1 aliphatic rings. The maximum atomic E-state index is 13.4. The van der Waals surface area contributed by atoms with Crippen LogP contribution in [-0.4, -0.2) is 24.5 Å². The van der Waals surface area contributed by atoms with Gasteiger partial charge in [-0.2, -0.15) is 0 Å². The van der Waals surface area contributed by atoms with E-state index in [9.17, 15) is 14.0 Å². The second kappa shape index (κ2) is 6.93.